The first kappa shape index (κ1) is 45.0. The van der Waals surface area contributed by atoms with Crippen molar-refractivity contribution in [2.45, 2.75) is 156 Å². The van der Waals surface area contributed by atoms with E-state index in [1.807, 2.05) is 0 Å². The molecule has 1 fully saturated rings. The van der Waals surface area contributed by atoms with Gasteiger partial charge in [-0.25, -0.2) is 9.59 Å². The summed E-state index contributed by atoms with van der Waals surface area (Å²) in [5.74, 6) is -1.54. The van der Waals surface area contributed by atoms with Crippen LogP contribution in [0.1, 0.15) is 171 Å². The fourth-order valence-corrected chi connectivity index (χ4v) is 5.02. The lowest BCUT2D eigenvalue weighted by atomic mass is 10.0. The van der Waals surface area contributed by atoms with Gasteiger partial charge in [0.05, 0.1) is 24.3 Å². The predicted molar refractivity (Wildman–Crippen MR) is 193 cm³/mol. The molecule has 0 amide bonds. The quantitative estimate of drug-likeness (QED) is 0.0518. The molecule has 2 rings (SSSR count). The highest BCUT2D eigenvalue weighted by molar-refractivity contribution is 6.03. The van der Waals surface area contributed by atoms with Crippen LogP contribution >= 0.6 is 0 Å². The van der Waals surface area contributed by atoms with Crippen LogP contribution in [0.3, 0.4) is 0 Å². The van der Waals surface area contributed by atoms with Crippen LogP contribution < -0.4 is 0 Å². The van der Waals surface area contributed by atoms with E-state index >= 15 is 0 Å². The summed E-state index contributed by atoms with van der Waals surface area (Å²) >= 11 is 0. The highest BCUT2D eigenvalue weighted by Gasteiger charge is 2.20. The van der Waals surface area contributed by atoms with E-state index in [1.54, 1.807) is 38.1 Å². The van der Waals surface area contributed by atoms with Gasteiger partial charge in [-0.05, 0) is 44.4 Å². The molecule has 274 valence electrons. The topological polar surface area (TPSA) is 105 Å². The standard InChI is InChI=1S/C24H38O4.C10H16O4.C6H12/c1-3-5-7-9-11-15-19-27-23(25)21-17-13-14-18-22(21)24(26)28-20-16-12-10-8-6-4-2;1-5-13-9(6-14-8(4)11)10(12)7(2)3;1-2-4-6-5-3-1/h13-14,17-18H,3-12,15-16,19-20H2,1-2H3;9H,2,5-6H2,1,3-4H3;1-6H2. The summed E-state index contributed by atoms with van der Waals surface area (Å²) in [5.41, 5.74) is 0.985. The molecule has 1 aliphatic rings. The normalized spacial score (nSPS) is 12.7. The number of ketones is 1. The van der Waals surface area contributed by atoms with Crippen molar-refractivity contribution in [3.63, 3.8) is 0 Å². The van der Waals surface area contributed by atoms with Crippen LogP contribution in [0, 0.1) is 0 Å². The molecule has 0 aliphatic heterocycles. The number of carbonyl (C=O) groups is 4. The monoisotopic (exact) mass is 674 g/mol. The molecule has 0 bridgehead atoms. The Morgan fingerprint density at radius 3 is 1.38 bits per heavy atom. The number of benzene rings is 1. The molecule has 1 aromatic rings. The number of unbranched alkanes of at least 4 members (excludes halogenated alkanes) is 10. The van der Waals surface area contributed by atoms with Crippen molar-refractivity contribution < 1.29 is 38.1 Å². The van der Waals surface area contributed by atoms with E-state index in [0.717, 1.165) is 25.7 Å². The van der Waals surface area contributed by atoms with Gasteiger partial charge in [0.25, 0.3) is 0 Å². The van der Waals surface area contributed by atoms with E-state index in [0.29, 0.717) is 36.5 Å². The molecule has 48 heavy (non-hydrogen) atoms. The average molecular weight is 675 g/mol. The second kappa shape index (κ2) is 31.3. The third-order valence-corrected chi connectivity index (χ3v) is 7.85. The van der Waals surface area contributed by atoms with E-state index in [4.69, 9.17) is 18.9 Å². The lowest BCUT2D eigenvalue weighted by Gasteiger charge is -2.15. The molecule has 8 heteroatoms. The number of hydrogen-bond donors (Lipinski definition) is 0. The fourth-order valence-electron chi connectivity index (χ4n) is 5.02. The zero-order chi connectivity index (χ0) is 35.8. The van der Waals surface area contributed by atoms with E-state index in [2.05, 4.69) is 20.4 Å². The van der Waals surface area contributed by atoms with Gasteiger partial charge in [0.2, 0.25) is 0 Å². The number of hydrogen-bond acceptors (Lipinski definition) is 8. The Balaban J connectivity index is 0.000000905. The van der Waals surface area contributed by atoms with Gasteiger partial charge in [-0.15, -0.1) is 0 Å². The van der Waals surface area contributed by atoms with Gasteiger partial charge in [0.15, 0.2) is 11.9 Å². The lowest BCUT2D eigenvalue weighted by Crippen LogP contribution is -2.30. The van der Waals surface area contributed by atoms with Gasteiger partial charge >= 0.3 is 17.9 Å². The summed E-state index contributed by atoms with van der Waals surface area (Å²) in [7, 11) is 0. The van der Waals surface area contributed by atoms with Gasteiger partial charge in [-0.1, -0.05) is 135 Å². The first-order valence-electron chi connectivity index (χ1n) is 18.6. The number of rotatable bonds is 22. The highest BCUT2D eigenvalue weighted by atomic mass is 16.6. The van der Waals surface area contributed by atoms with Crippen molar-refractivity contribution in [3.8, 4) is 0 Å². The molecule has 0 N–H and O–H groups in total. The Morgan fingerprint density at radius 2 is 1.02 bits per heavy atom. The minimum atomic E-state index is -0.721. The summed E-state index contributed by atoms with van der Waals surface area (Å²) in [6.07, 6.45) is 21.9. The maximum Gasteiger partial charge on any atom is 0.339 e. The van der Waals surface area contributed by atoms with Crippen LogP contribution in [0.25, 0.3) is 0 Å². The molecule has 1 aromatic carbocycles. The van der Waals surface area contributed by atoms with Gasteiger partial charge in [0, 0.05) is 13.5 Å². The summed E-state index contributed by atoms with van der Waals surface area (Å²) in [6.45, 7) is 13.7. The van der Waals surface area contributed by atoms with Crippen molar-refractivity contribution in [1.82, 2.24) is 0 Å². The fraction of sp³-hybridized carbons (Fsp3) is 0.700. The predicted octanol–water partition coefficient (Wildman–Crippen LogP) is 10.2. The van der Waals surface area contributed by atoms with E-state index < -0.39 is 24.0 Å². The number of ether oxygens (including phenoxy) is 4. The molecule has 1 unspecified atom stereocenters. The molecule has 1 aliphatic carbocycles. The van der Waals surface area contributed by atoms with E-state index in [9.17, 15) is 19.2 Å². The Hall–Kier alpha value is -3.00. The molecule has 1 atom stereocenters. The van der Waals surface area contributed by atoms with Gasteiger partial charge < -0.3 is 18.9 Å². The third kappa shape index (κ3) is 24.2. The first-order chi connectivity index (χ1) is 23.2. The van der Waals surface area contributed by atoms with E-state index in [1.165, 1.54) is 96.8 Å². The van der Waals surface area contributed by atoms with Gasteiger partial charge in [0.1, 0.15) is 6.61 Å². The third-order valence-electron chi connectivity index (χ3n) is 7.85. The van der Waals surface area contributed by atoms with Crippen molar-refractivity contribution in [2.75, 3.05) is 26.4 Å². The molecule has 0 spiro atoms. The van der Waals surface area contributed by atoms with Crippen LogP contribution in [0.2, 0.25) is 0 Å². The molecule has 0 radical (unpaired) electrons. The van der Waals surface area contributed by atoms with Gasteiger partial charge in [-0.3, -0.25) is 9.59 Å². The zero-order valence-corrected chi connectivity index (χ0v) is 30.9. The number of carbonyl (C=O) groups excluding carboxylic acids is 4. The number of Topliss-reactive ketones (excluding diaryl/α,β-unsaturated/α-hetero) is 1. The minimum absolute atomic E-state index is 0.0468. The maximum atomic E-state index is 12.4. The van der Waals surface area contributed by atoms with Crippen LogP contribution in [0.4, 0.5) is 0 Å². The summed E-state index contributed by atoms with van der Waals surface area (Å²) in [5, 5.41) is 0. The number of esters is 3. The maximum absolute atomic E-state index is 12.4. The molecule has 0 heterocycles. The molecule has 1 saturated carbocycles. The Kier molecular flexibility index (Phi) is 29.3. The van der Waals surface area contributed by atoms with Crippen molar-refractivity contribution in [3.05, 3.63) is 47.5 Å². The van der Waals surface area contributed by atoms with Crippen LogP contribution in [0.15, 0.2) is 36.4 Å². The molecular weight excluding hydrogens is 608 g/mol. The summed E-state index contributed by atoms with van der Waals surface area (Å²) in [6, 6.07) is 6.74. The SMILES string of the molecule is C1CCCCC1.C=C(C)C(=O)C(COC(C)=O)OCC.CCCCCCCCOC(=O)c1ccccc1C(=O)OCCCCCCCC. The Bertz CT molecular complexity index is 954. The van der Waals surface area contributed by atoms with E-state index in [-0.39, 0.29) is 12.4 Å². The largest absolute Gasteiger partial charge is 0.463 e. The Morgan fingerprint density at radius 1 is 0.625 bits per heavy atom. The minimum Gasteiger partial charge on any atom is -0.463 e. The second-order valence-electron chi connectivity index (χ2n) is 12.4. The zero-order valence-electron chi connectivity index (χ0n) is 30.9. The highest BCUT2D eigenvalue weighted by Crippen LogP contribution is 2.16. The summed E-state index contributed by atoms with van der Waals surface area (Å²) < 4.78 is 20.5. The van der Waals surface area contributed by atoms with Crippen molar-refractivity contribution in [2.24, 2.45) is 0 Å². The molecule has 0 aromatic heterocycles. The van der Waals surface area contributed by atoms with Gasteiger partial charge in [-0.2, -0.15) is 0 Å². The van der Waals surface area contributed by atoms with Crippen molar-refractivity contribution in [1.29, 1.82) is 0 Å². The van der Waals surface area contributed by atoms with Crippen LogP contribution in [-0.4, -0.2) is 56.2 Å². The lowest BCUT2D eigenvalue weighted by molar-refractivity contribution is -0.147. The molecule has 8 nitrogen and oxygen atoms in total. The second-order valence-corrected chi connectivity index (χ2v) is 12.4. The average Bonchev–Trinajstić information content (AvgIpc) is 3.10. The first-order valence-corrected chi connectivity index (χ1v) is 18.6. The Labute approximate surface area is 291 Å². The smallest absolute Gasteiger partial charge is 0.339 e. The van der Waals surface area contributed by atoms with Crippen LogP contribution in [0.5, 0.6) is 0 Å². The molecular formula is C40H66O8. The summed E-state index contributed by atoms with van der Waals surface area (Å²) in [4.78, 5) is 46.7. The van der Waals surface area contributed by atoms with Crippen molar-refractivity contribution >= 4 is 23.7 Å². The van der Waals surface area contributed by atoms with Crippen LogP contribution in [-0.2, 0) is 28.5 Å². The molecule has 0 saturated heterocycles.